The number of nitrogens with one attached hydrogen (secondary N) is 1. The smallest absolute Gasteiger partial charge is 0.268 e. The van der Waals surface area contributed by atoms with Crippen LogP contribution in [0.5, 0.6) is 0 Å². The van der Waals surface area contributed by atoms with Crippen molar-refractivity contribution < 1.29 is 32.9 Å². The van der Waals surface area contributed by atoms with Gasteiger partial charge in [-0.05, 0) is 51.4 Å². The third-order valence-electron chi connectivity index (χ3n) is 13.6. The molecule has 3 unspecified atom stereocenters. The van der Waals surface area contributed by atoms with Gasteiger partial charge in [0.1, 0.15) is 13.2 Å². The number of aliphatic hydroxyl groups is 1. The van der Waals surface area contributed by atoms with Crippen molar-refractivity contribution in [3.05, 3.63) is 48.6 Å². The largest absolute Gasteiger partial charge is 0.756 e. The highest BCUT2D eigenvalue weighted by Gasteiger charge is 2.24. The Balaban J connectivity index is 4.05. The predicted octanol–water partition coefficient (Wildman–Crippen LogP) is 17.7. The van der Waals surface area contributed by atoms with E-state index in [1.54, 1.807) is 0 Å². The highest BCUT2D eigenvalue weighted by atomic mass is 31.2. The Morgan fingerprint density at radius 3 is 1.27 bits per heavy atom. The zero-order chi connectivity index (χ0) is 51.3. The summed E-state index contributed by atoms with van der Waals surface area (Å²) in [6.45, 7) is 4.64. The minimum atomic E-state index is -4.57. The summed E-state index contributed by atoms with van der Waals surface area (Å²) >= 11 is 0. The van der Waals surface area contributed by atoms with Crippen molar-refractivity contribution >= 4 is 13.7 Å². The van der Waals surface area contributed by atoms with Crippen molar-refractivity contribution in [2.24, 2.45) is 0 Å². The van der Waals surface area contributed by atoms with Crippen LogP contribution in [0, 0.1) is 0 Å². The SMILES string of the molecule is CC/C=C\C/C=C\C/C=C\C/C=C\CCCCCCCCCCCCCCCCCCCCC(=O)NC(COP(=O)([O-])OCC[N+](C)(C)C)C(O)CCCCCCCCCCCCCCCCCCC. The van der Waals surface area contributed by atoms with Crippen LogP contribution in [-0.4, -0.2) is 68.5 Å². The van der Waals surface area contributed by atoms with Crippen molar-refractivity contribution in [1.82, 2.24) is 5.32 Å². The third-order valence-corrected chi connectivity index (χ3v) is 14.5. The Hall–Kier alpha value is -1.54. The number of nitrogens with zero attached hydrogens (tertiary/aromatic N) is 1. The summed E-state index contributed by atoms with van der Waals surface area (Å²) in [6, 6.07) is -0.800. The molecule has 3 atom stereocenters. The van der Waals surface area contributed by atoms with E-state index in [1.807, 2.05) is 21.1 Å². The number of carbonyl (C=O) groups excluding carboxylic acids is 1. The van der Waals surface area contributed by atoms with Crippen LogP contribution in [0.3, 0.4) is 0 Å². The van der Waals surface area contributed by atoms with Gasteiger partial charge in [0.15, 0.2) is 0 Å². The minimum Gasteiger partial charge on any atom is -0.756 e. The number of aliphatic hydroxyl groups excluding tert-OH is 1. The Labute approximate surface area is 435 Å². The van der Waals surface area contributed by atoms with Crippen molar-refractivity contribution in [3.63, 3.8) is 0 Å². The van der Waals surface area contributed by atoms with Gasteiger partial charge in [-0.15, -0.1) is 0 Å². The summed E-state index contributed by atoms with van der Waals surface area (Å²) in [5, 5.41) is 14.0. The number of quaternary nitrogens is 1. The first-order valence-electron chi connectivity index (χ1n) is 30.0. The molecule has 0 saturated heterocycles. The molecule has 0 aliphatic carbocycles. The summed E-state index contributed by atoms with van der Waals surface area (Å²) in [5.41, 5.74) is 0. The van der Waals surface area contributed by atoms with Gasteiger partial charge in [0.2, 0.25) is 5.91 Å². The first kappa shape index (κ1) is 68.5. The van der Waals surface area contributed by atoms with Gasteiger partial charge in [0, 0.05) is 6.42 Å². The molecular weight excluding hydrogens is 888 g/mol. The predicted molar refractivity (Wildman–Crippen MR) is 302 cm³/mol. The van der Waals surface area contributed by atoms with Crippen LogP contribution in [-0.2, 0) is 18.4 Å². The fourth-order valence-corrected chi connectivity index (χ4v) is 9.64. The summed E-state index contributed by atoms with van der Waals surface area (Å²) in [6.07, 6.45) is 68.6. The summed E-state index contributed by atoms with van der Waals surface area (Å²) in [4.78, 5) is 25.5. The lowest BCUT2D eigenvalue weighted by atomic mass is 10.0. The minimum absolute atomic E-state index is 0.0131. The van der Waals surface area contributed by atoms with E-state index >= 15 is 0 Å². The second kappa shape index (κ2) is 52.3. The van der Waals surface area contributed by atoms with Crippen LogP contribution >= 0.6 is 7.82 Å². The van der Waals surface area contributed by atoms with Crippen molar-refractivity contribution in [2.75, 3.05) is 40.9 Å². The summed E-state index contributed by atoms with van der Waals surface area (Å²) < 4.78 is 23.4. The molecule has 0 aliphatic heterocycles. The highest BCUT2D eigenvalue weighted by molar-refractivity contribution is 7.45. The molecule has 0 spiro atoms. The van der Waals surface area contributed by atoms with Gasteiger partial charge in [-0.3, -0.25) is 9.36 Å². The highest BCUT2D eigenvalue weighted by Crippen LogP contribution is 2.38. The van der Waals surface area contributed by atoms with Gasteiger partial charge in [-0.1, -0.05) is 274 Å². The van der Waals surface area contributed by atoms with E-state index in [-0.39, 0.29) is 19.1 Å². The average Bonchev–Trinajstić information content (AvgIpc) is 3.32. The van der Waals surface area contributed by atoms with Crippen molar-refractivity contribution in [1.29, 1.82) is 0 Å². The van der Waals surface area contributed by atoms with Crippen LogP contribution in [0.15, 0.2) is 48.6 Å². The topological polar surface area (TPSA) is 108 Å². The Kier molecular flexibility index (Phi) is 51.2. The number of rotatable bonds is 55. The number of allylic oxidation sites excluding steroid dienone is 8. The van der Waals surface area contributed by atoms with Gasteiger partial charge in [0.05, 0.1) is 39.9 Å². The number of hydrogen-bond acceptors (Lipinski definition) is 6. The molecule has 0 heterocycles. The number of unbranched alkanes of at least 4 members (excludes halogenated alkanes) is 34. The molecule has 0 saturated carbocycles. The lowest BCUT2D eigenvalue weighted by molar-refractivity contribution is -0.870. The Morgan fingerprint density at radius 2 is 0.871 bits per heavy atom. The molecule has 0 aliphatic rings. The maximum absolute atomic E-state index is 13.0. The molecule has 0 aromatic rings. The number of amides is 1. The molecule has 0 bridgehead atoms. The average molecular weight is 1010 g/mol. The molecule has 1 amide bonds. The standard InChI is InChI=1S/C61H117N2O6P/c1-6-8-10-12-14-16-18-20-22-24-25-26-27-28-29-30-31-32-33-34-35-36-37-39-41-43-45-47-49-51-53-55-61(65)62-59(58-69-70(66,67)68-57-56-63(3,4)5)60(64)54-52-50-48-46-44-42-40-38-23-21-19-17-15-13-11-9-7-2/h8,10,14,16,20,22,25-26,59-60,64H,6-7,9,11-13,15,17-19,21,23-24,27-58H2,1-5H3,(H-,62,65,66,67)/b10-8-,16-14-,22-20-,26-25-. The van der Waals surface area contributed by atoms with E-state index in [1.165, 1.54) is 193 Å². The van der Waals surface area contributed by atoms with E-state index in [9.17, 15) is 19.4 Å². The molecule has 8 nitrogen and oxygen atoms in total. The second-order valence-corrected chi connectivity index (χ2v) is 23.1. The van der Waals surface area contributed by atoms with Gasteiger partial charge in [-0.25, -0.2) is 0 Å². The molecular formula is C61H117N2O6P. The zero-order valence-corrected chi connectivity index (χ0v) is 47.9. The van der Waals surface area contributed by atoms with Gasteiger partial charge in [-0.2, -0.15) is 0 Å². The zero-order valence-electron chi connectivity index (χ0n) is 47.0. The van der Waals surface area contributed by atoms with Crippen molar-refractivity contribution in [3.8, 4) is 0 Å². The van der Waals surface area contributed by atoms with Crippen LogP contribution in [0.25, 0.3) is 0 Å². The van der Waals surface area contributed by atoms with Crippen LogP contribution in [0.4, 0.5) is 0 Å². The number of hydrogen-bond donors (Lipinski definition) is 2. The van der Waals surface area contributed by atoms with E-state index in [2.05, 4.69) is 67.8 Å². The van der Waals surface area contributed by atoms with E-state index < -0.39 is 20.0 Å². The molecule has 2 N–H and O–H groups in total. The van der Waals surface area contributed by atoms with Gasteiger partial charge in [0.25, 0.3) is 7.82 Å². The number of likely N-dealkylation sites (N-methyl/N-ethyl adjacent to an activating group) is 1. The van der Waals surface area contributed by atoms with Crippen LogP contribution in [0.1, 0.15) is 284 Å². The monoisotopic (exact) mass is 1000 g/mol. The number of phosphoric ester groups is 1. The molecule has 9 heteroatoms. The lowest BCUT2D eigenvalue weighted by Gasteiger charge is -2.30. The first-order valence-corrected chi connectivity index (χ1v) is 31.4. The first-order chi connectivity index (χ1) is 34.0. The quantitative estimate of drug-likeness (QED) is 0.0272. The van der Waals surface area contributed by atoms with Gasteiger partial charge < -0.3 is 28.8 Å². The number of phosphoric acid groups is 1. The Bertz CT molecular complexity index is 1280. The second-order valence-electron chi connectivity index (χ2n) is 21.7. The molecule has 70 heavy (non-hydrogen) atoms. The lowest BCUT2D eigenvalue weighted by Crippen LogP contribution is -2.46. The molecule has 0 aromatic heterocycles. The fourth-order valence-electron chi connectivity index (χ4n) is 8.92. The summed E-state index contributed by atoms with van der Waals surface area (Å²) in [7, 11) is 1.31. The molecule has 412 valence electrons. The van der Waals surface area contributed by atoms with E-state index in [0.29, 0.717) is 23.9 Å². The van der Waals surface area contributed by atoms with E-state index in [4.69, 9.17) is 9.05 Å². The third kappa shape index (κ3) is 54.2. The number of carbonyl (C=O) groups is 1. The molecule has 0 radical (unpaired) electrons. The summed E-state index contributed by atoms with van der Waals surface area (Å²) in [5.74, 6) is -0.161. The maximum atomic E-state index is 13.0. The molecule has 0 rings (SSSR count). The maximum Gasteiger partial charge on any atom is 0.268 e. The van der Waals surface area contributed by atoms with Gasteiger partial charge >= 0.3 is 0 Å². The fraction of sp³-hybridized carbons (Fsp3) is 0.852. The van der Waals surface area contributed by atoms with Crippen molar-refractivity contribution in [2.45, 2.75) is 296 Å². The molecule has 0 aromatic carbocycles. The van der Waals surface area contributed by atoms with Crippen LogP contribution < -0.4 is 10.2 Å². The normalized spacial score (nSPS) is 14.2. The molecule has 0 fully saturated rings. The van der Waals surface area contributed by atoms with Crippen LogP contribution in [0.2, 0.25) is 0 Å². The van der Waals surface area contributed by atoms with E-state index in [0.717, 1.165) is 64.2 Å². The Morgan fingerprint density at radius 1 is 0.514 bits per heavy atom.